The van der Waals surface area contributed by atoms with E-state index in [1.165, 1.54) is 6.92 Å². The summed E-state index contributed by atoms with van der Waals surface area (Å²) in [4.78, 5) is 11.0. The number of hydrogen-bond donors (Lipinski definition) is 1. The van der Waals surface area contributed by atoms with Gasteiger partial charge >= 0.3 is 5.97 Å². The Morgan fingerprint density at radius 2 is 2.12 bits per heavy atom. The SMILES string of the molecule is CCOC(=O)c1noc(N)c1S(=O)(=O)CC. The lowest BCUT2D eigenvalue weighted by molar-refractivity contribution is 0.0510. The van der Waals surface area contributed by atoms with E-state index in [9.17, 15) is 13.2 Å². The summed E-state index contributed by atoms with van der Waals surface area (Å²) in [6, 6.07) is 0. The highest BCUT2D eigenvalue weighted by Crippen LogP contribution is 2.24. The standard InChI is InChI=1S/C8H12N2O5S/c1-3-14-8(11)5-6(7(9)15-10-5)16(12,13)4-2/h3-4,9H2,1-2H3. The minimum Gasteiger partial charge on any atom is -0.461 e. The fraction of sp³-hybridized carbons (Fsp3) is 0.500. The molecule has 2 N–H and O–H groups in total. The first-order chi connectivity index (χ1) is 7.44. The smallest absolute Gasteiger partial charge is 0.362 e. The normalized spacial score (nSPS) is 11.4. The average molecular weight is 248 g/mol. The van der Waals surface area contributed by atoms with E-state index in [-0.39, 0.29) is 12.4 Å². The average Bonchev–Trinajstić information content (AvgIpc) is 2.61. The van der Waals surface area contributed by atoms with Crippen molar-refractivity contribution in [1.29, 1.82) is 0 Å². The van der Waals surface area contributed by atoms with Crippen LogP contribution < -0.4 is 5.73 Å². The molecule has 0 spiro atoms. The Morgan fingerprint density at radius 3 is 2.62 bits per heavy atom. The lowest BCUT2D eigenvalue weighted by Gasteiger charge is -2.01. The summed E-state index contributed by atoms with van der Waals surface area (Å²) in [7, 11) is -3.66. The molecular formula is C8H12N2O5S. The van der Waals surface area contributed by atoms with Crippen LogP contribution in [0.5, 0.6) is 0 Å². The molecule has 1 aromatic heterocycles. The van der Waals surface area contributed by atoms with E-state index in [1.54, 1.807) is 6.92 Å². The Hall–Kier alpha value is -1.57. The summed E-state index contributed by atoms with van der Waals surface area (Å²) in [5, 5.41) is 3.29. The first kappa shape index (κ1) is 12.5. The van der Waals surface area contributed by atoms with Crippen LogP contribution in [0.25, 0.3) is 0 Å². The first-order valence-corrected chi connectivity index (χ1v) is 6.24. The number of nitrogens with zero attached hydrogens (tertiary/aromatic N) is 1. The minimum absolute atomic E-state index is 0.108. The quantitative estimate of drug-likeness (QED) is 0.758. The second-order valence-electron chi connectivity index (χ2n) is 2.85. The summed E-state index contributed by atoms with van der Waals surface area (Å²) in [6.45, 7) is 3.13. The van der Waals surface area contributed by atoms with Crippen LogP contribution in [-0.4, -0.2) is 31.9 Å². The molecule has 0 saturated heterocycles. The third-order valence-corrected chi connectivity index (χ3v) is 3.61. The molecule has 0 atom stereocenters. The van der Waals surface area contributed by atoms with Crippen LogP contribution in [-0.2, 0) is 14.6 Å². The molecule has 0 aliphatic heterocycles. The third kappa shape index (κ3) is 2.16. The zero-order chi connectivity index (χ0) is 12.3. The highest BCUT2D eigenvalue weighted by Gasteiger charge is 2.30. The van der Waals surface area contributed by atoms with Crippen LogP contribution in [0.1, 0.15) is 24.3 Å². The van der Waals surface area contributed by atoms with Crippen molar-refractivity contribution in [3.8, 4) is 0 Å². The first-order valence-electron chi connectivity index (χ1n) is 4.59. The van der Waals surface area contributed by atoms with E-state index in [4.69, 9.17) is 5.73 Å². The van der Waals surface area contributed by atoms with Crippen LogP contribution >= 0.6 is 0 Å². The zero-order valence-corrected chi connectivity index (χ0v) is 9.70. The molecule has 0 aliphatic carbocycles. The van der Waals surface area contributed by atoms with E-state index in [1.807, 2.05) is 0 Å². The third-order valence-electron chi connectivity index (χ3n) is 1.83. The molecular weight excluding hydrogens is 236 g/mol. The number of rotatable bonds is 4. The number of carbonyl (C=O) groups excluding carboxylic acids is 1. The Morgan fingerprint density at radius 1 is 1.50 bits per heavy atom. The number of esters is 1. The van der Waals surface area contributed by atoms with Crippen LogP contribution in [0.15, 0.2) is 9.42 Å². The fourth-order valence-electron chi connectivity index (χ4n) is 1.07. The van der Waals surface area contributed by atoms with Gasteiger partial charge in [0.1, 0.15) is 0 Å². The number of hydrogen-bond acceptors (Lipinski definition) is 7. The van der Waals surface area contributed by atoms with Gasteiger partial charge in [0.05, 0.1) is 12.4 Å². The van der Waals surface area contributed by atoms with Crippen molar-refractivity contribution in [1.82, 2.24) is 5.16 Å². The molecule has 0 unspecified atom stereocenters. The molecule has 8 heteroatoms. The second-order valence-corrected chi connectivity index (χ2v) is 5.06. The van der Waals surface area contributed by atoms with E-state index in [2.05, 4.69) is 14.4 Å². The van der Waals surface area contributed by atoms with Gasteiger partial charge < -0.3 is 15.0 Å². The topological polar surface area (TPSA) is 112 Å². The number of sulfone groups is 1. The number of aromatic nitrogens is 1. The molecule has 90 valence electrons. The highest BCUT2D eigenvalue weighted by molar-refractivity contribution is 7.91. The molecule has 0 fully saturated rings. The largest absolute Gasteiger partial charge is 0.461 e. The molecule has 1 aromatic rings. The van der Waals surface area contributed by atoms with Crippen LogP contribution in [0.2, 0.25) is 0 Å². The van der Waals surface area contributed by atoms with Crippen molar-refractivity contribution in [2.24, 2.45) is 0 Å². The van der Waals surface area contributed by atoms with E-state index < -0.39 is 32.3 Å². The van der Waals surface area contributed by atoms with Crippen LogP contribution in [0.3, 0.4) is 0 Å². The molecule has 0 aliphatic rings. The van der Waals surface area contributed by atoms with Crippen molar-refractivity contribution in [2.45, 2.75) is 18.7 Å². The maximum Gasteiger partial charge on any atom is 0.362 e. The second kappa shape index (κ2) is 4.52. The number of anilines is 1. The Bertz CT molecular complexity index is 491. The Labute approximate surface area is 92.5 Å². The lowest BCUT2D eigenvalue weighted by atomic mass is 10.4. The fourth-order valence-corrected chi connectivity index (χ4v) is 2.12. The van der Waals surface area contributed by atoms with E-state index in [0.29, 0.717) is 0 Å². The molecule has 0 radical (unpaired) electrons. The Balaban J connectivity index is 3.29. The molecule has 1 rings (SSSR count). The Kier molecular flexibility index (Phi) is 3.53. The molecule has 7 nitrogen and oxygen atoms in total. The van der Waals surface area contributed by atoms with Crippen molar-refractivity contribution < 1.29 is 22.5 Å². The van der Waals surface area contributed by atoms with Gasteiger partial charge in [0, 0.05) is 0 Å². The minimum atomic E-state index is -3.66. The molecule has 0 amide bonds. The monoisotopic (exact) mass is 248 g/mol. The van der Waals surface area contributed by atoms with Gasteiger partial charge in [-0.05, 0) is 6.92 Å². The van der Waals surface area contributed by atoms with Gasteiger partial charge in [-0.2, -0.15) is 0 Å². The van der Waals surface area contributed by atoms with Crippen molar-refractivity contribution in [3.05, 3.63) is 5.69 Å². The molecule has 16 heavy (non-hydrogen) atoms. The summed E-state index contributed by atoms with van der Waals surface area (Å²) < 4.78 is 32.4. The lowest BCUT2D eigenvalue weighted by Crippen LogP contribution is -2.13. The number of ether oxygens (including phenoxy) is 1. The van der Waals surface area contributed by atoms with Gasteiger partial charge in [0.2, 0.25) is 11.6 Å². The van der Waals surface area contributed by atoms with Gasteiger partial charge in [0.25, 0.3) is 0 Å². The van der Waals surface area contributed by atoms with Crippen LogP contribution in [0, 0.1) is 0 Å². The van der Waals surface area contributed by atoms with Gasteiger partial charge in [-0.25, -0.2) is 13.2 Å². The number of carbonyl (C=O) groups is 1. The van der Waals surface area contributed by atoms with Gasteiger partial charge in [-0.15, -0.1) is 0 Å². The predicted molar refractivity (Wildman–Crippen MR) is 54.6 cm³/mol. The maximum absolute atomic E-state index is 11.6. The van der Waals surface area contributed by atoms with E-state index in [0.717, 1.165) is 0 Å². The summed E-state index contributed by atoms with van der Waals surface area (Å²) in [5.41, 5.74) is 4.92. The summed E-state index contributed by atoms with van der Waals surface area (Å²) in [6.07, 6.45) is 0. The predicted octanol–water partition coefficient (Wildman–Crippen LogP) is 0.227. The van der Waals surface area contributed by atoms with E-state index >= 15 is 0 Å². The molecule has 1 heterocycles. The highest BCUT2D eigenvalue weighted by atomic mass is 32.2. The molecule has 0 saturated carbocycles. The van der Waals surface area contributed by atoms with Crippen LogP contribution in [0.4, 0.5) is 5.88 Å². The van der Waals surface area contributed by atoms with Gasteiger partial charge in [-0.3, -0.25) is 0 Å². The summed E-state index contributed by atoms with van der Waals surface area (Å²) >= 11 is 0. The summed E-state index contributed by atoms with van der Waals surface area (Å²) in [5.74, 6) is -1.47. The molecule has 0 bridgehead atoms. The molecule has 0 aromatic carbocycles. The number of nitrogen functional groups attached to an aromatic ring is 1. The van der Waals surface area contributed by atoms with Gasteiger partial charge in [0.15, 0.2) is 14.7 Å². The van der Waals surface area contributed by atoms with Crippen molar-refractivity contribution in [2.75, 3.05) is 18.1 Å². The van der Waals surface area contributed by atoms with Crippen molar-refractivity contribution in [3.63, 3.8) is 0 Å². The van der Waals surface area contributed by atoms with Crippen molar-refractivity contribution >= 4 is 21.7 Å². The maximum atomic E-state index is 11.6. The van der Waals surface area contributed by atoms with Gasteiger partial charge in [-0.1, -0.05) is 12.1 Å². The number of nitrogens with two attached hydrogens (primary N) is 1. The zero-order valence-electron chi connectivity index (χ0n) is 8.89.